The molecule has 0 aliphatic carbocycles. The molecule has 2 amide bonds. The Morgan fingerprint density at radius 2 is 1.71 bits per heavy atom. The Balaban J connectivity index is 1.51. The first-order valence-electron chi connectivity index (χ1n) is 10.2. The summed E-state index contributed by atoms with van der Waals surface area (Å²) in [5.41, 5.74) is 1.06. The summed E-state index contributed by atoms with van der Waals surface area (Å²) in [6.45, 7) is 0.802. The van der Waals surface area contributed by atoms with E-state index in [0.29, 0.717) is 38.1 Å². The van der Waals surface area contributed by atoms with Crippen molar-refractivity contribution in [1.82, 2.24) is 14.9 Å². The predicted octanol–water partition coefficient (Wildman–Crippen LogP) is 1.32. The highest BCUT2D eigenvalue weighted by molar-refractivity contribution is 7.89. The Morgan fingerprint density at radius 1 is 1.03 bits per heavy atom. The molecule has 1 saturated heterocycles. The van der Waals surface area contributed by atoms with Gasteiger partial charge >= 0.3 is 11.8 Å². The zero-order valence-corrected chi connectivity index (χ0v) is 18.2. The first-order valence-corrected chi connectivity index (χ1v) is 11.6. The molecule has 0 radical (unpaired) electrons. The van der Waals surface area contributed by atoms with Crippen molar-refractivity contribution in [3.63, 3.8) is 0 Å². The first kappa shape index (κ1) is 22.8. The molecule has 1 fully saturated rings. The van der Waals surface area contributed by atoms with Crippen LogP contribution < -0.4 is 15.4 Å². The maximum Gasteiger partial charge on any atom is 0.309 e. The van der Waals surface area contributed by atoms with E-state index in [1.54, 1.807) is 12.1 Å². The van der Waals surface area contributed by atoms with Crippen molar-refractivity contribution in [2.24, 2.45) is 0 Å². The lowest BCUT2D eigenvalue weighted by Crippen LogP contribution is -2.47. The zero-order chi connectivity index (χ0) is 22.3. The van der Waals surface area contributed by atoms with Gasteiger partial charge in [0, 0.05) is 25.7 Å². The van der Waals surface area contributed by atoms with Gasteiger partial charge in [-0.05, 0) is 49.1 Å². The van der Waals surface area contributed by atoms with Crippen LogP contribution in [-0.2, 0) is 26.0 Å². The molecule has 2 aromatic rings. The number of methoxy groups -OCH3 is 1. The lowest BCUT2D eigenvalue weighted by molar-refractivity contribution is -0.139. The molecule has 1 heterocycles. The summed E-state index contributed by atoms with van der Waals surface area (Å²) in [5, 5.41) is 5.16. The highest BCUT2D eigenvalue weighted by atomic mass is 32.2. The van der Waals surface area contributed by atoms with Gasteiger partial charge < -0.3 is 15.4 Å². The number of sulfonamides is 1. The summed E-state index contributed by atoms with van der Waals surface area (Å²) in [6, 6.07) is 15.4. The van der Waals surface area contributed by atoms with Gasteiger partial charge in [0.05, 0.1) is 12.0 Å². The Labute approximate surface area is 182 Å². The number of amides is 2. The van der Waals surface area contributed by atoms with Crippen LogP contribution in [0.2, 0.25) is 0 Å². The fourth-order valence-electron chi connectivity index (χ4n) is 3.55. The van der Waals surface area contributed by atoms with E-state index < -0.39 is 27.9 Å². The Morgan fingerprint density at radius 3 is 2.39 bits per heavy atom. The molecule has 166 valence electrons. The second-order valence-corrected chi connectivity index (χ2v) is 9.18. The minimum absolute atomic E-state index is 0.0837. The van der Waals surface area contributed by atoms with Crippen LogP contribution >= 0.6 is 0 Å². The van der Waals surface area contributed by atoms with Crippen LogP contribution in [0.5, 0.6) is 5.75 Å². The minimum atomic E-state index is -3.70. The Kier molecular flexibility index (Phi) is 7.64. The number of ether oxygens (including phenoxy) is 1. The summed E-state index contributed by atoms with van der Waals surface area (Å²) in [7, 11) is -2.19. The third kappa shape index (κ3) is 5.83. The van der Waals surface area contributed by atoms with E-state index in [1.165, 1.54) is 23.5 Å². The third-order valence-electron chi connectivity index (χ3n) is 5.24. The quantitative estimate of drug-likeness (QED) is 0.597. The molecule has 0 spiro atoms. The molecule has 3 rings (SSSR count). The van der Waals surface area contributed by atoms with Gasteiger partial charge in [-0.2, -0.15) is 4.31 Å². The van der Waals surface area contributed by atoms with Crippen LogP contribution in [0.4, 0.5) is 0 Å². The average Bonchev–Trinajstić information content (AvgIpc) is 3.27. The van der Waals surface area contributed by atoms with Gasteiger partial charge in [-0.1, -0.05) is 30.3 Å². The molecule has 31 heavy (non-hydrogen) atoms. The SMILES string of the molecule is COc1ccc(S(=O)(=O)N2CCC[C@H]2CNC(=O)C(=O)NCCc2ccccc2)cc1. The summed E-state index contributed by atoms with van der Waals surface area (Å²) < 4.78 is 32.5. The highest BCUT2D eigenvalue weighted by Gasteiger charge is 2.35. The smallest absolute Gasteiger partial charge is 0.309 e. The van der Waals surface area contributed by atoms with Crippen LogP contribution in [0.25, 0.3) is 0 Å². The van der Waals surface area contributed by atoms with Gasteiger partial charge in [-0.15, -0.1) is 0 Å². The molecule has 1 aliphatic rings. The number of carbonyl (C=O) groups is 2. The van der Waals surface area contributed by atoms with Crippen molar-refractivity contribution in [2.45, 2.75) is 30.2 Å². The number of nitrogens with zero attached hydrogens (tertiary/aromatic N) is 1. The summed E-state index contributed by atoms with van der Waals surface area (Å²) in [4.78, 5) is 24.3. The maximum atomic E-state index is 13.0. The molecule has 2 N–H and O–H groups in total. The van der Waals surface area contributed by atoms with Crippen LogP contribution in [0.3, 0.4) is 0 Å². The van der Waals surface area contributed by atoms with Gasteiger partial charge in [0.1, 0.15) is 5.75 Å². The molecule has 0 unspecified atom stereocenters. The monoisotopic (exact) mass is 445 g/mol. The molecule has 1 atom stereocenters. The zero-order valence-electron chi connectivity index (χ0n) is 17.4. The second kappa shape index (κ2) is 10.4. The molecule has 1 aliphatic heterocycles. The van der Waals surface area contributed by atoms with Crippen LogP contribution in [0.15, 0.2) is 59.5 Å². The fourth-order valence-corrected chi connectivity index (χ4v) is 5.24. The minimum Gasteiger partial charge on any atom is -0.497 e. The molecular weight excluding hydrogens is 418 g/mol. The van der Waals surface area contributed by atoms with Gasteiger partial charge in [-0.3, -0.25) is 9.59 Å². The van der Waals surface area contributed by atoms with Crippen LogP contribution in [0, 0.1) is 0 Å². The van der Waals surface area contributed by atoms with Crippen molar-refractivity contribution in [1.29, 1.82) is 0 Å². The summed E-state index contributed by atoms with van der Waals surface area (Å²) in [6.07, 6.45) is 1.93. The van der Waals surface area contributed by atoms with E-state index in [0.717, 1.165) is 5.56 Å². The van der Waals surface area contributed by atoms with E-state index in [9.17, 15) is 18.0 Å². The van der Waals surface area contributed by atoms with Gasteiger partial charge in [0.15, 0.2) is 0 Å². The highest BCUT2D eigenvalue weighted by Crippen LogP contribution is 2.26. The largest absolute Gasteiger partial charge is 0.497 e. The molecule has 0 saturated carbocycles. The third-order valence-corrected chi connectivity index (χ3v) is 7.20. The average molecular weight is 446 g/mol. The molecular formula is C22H27N3O5S. The van der Waals surface area contributed by atoms with Crippen LogP contribution in [0.1, 0.15) is 18.4 Å². The number of benzene rings is 2. The van der Waals surface area contributed by atoms with E-state index in [-0.39, 0.29) is 11.4 Å². The molecule has 8 nitrogen and oxygen atoms in total. The van der Waals surface area contributed by atoms with Gasteiger partial charge in [-0.25, -0.2) is 8.42 Å². The van der Waals surface area contributed by atoms with Crippen molar-refractivity contribution < 1.29 is 22.7 Å². The van der Waals surface area contributed by atoms with E-state index in [1.807, 2.05) is 30.3 Å². The Hall–Kier alpha value is -2.91. The number of nitrogens with one attached hydrogen (secondary N) is 2. The topological polar surface area (TPSA) is 105 Å². The molecule has 0 aromatic heterocycles. The maximum absolute atomic E-state index is 13.0. The van der Waals surface area contributed by atoms with Crippen molar-refractivity contribution in [3.05, 3.63) is 60.2 Å². The number of hydrogen-bond donors (Lipinski definition) is 2. The number of carbonyl (C=O) groups excluding carboxylic acids is 2. The van der Waals surface area contributed by atoms with Gasteiger partial charge in [0.2, 0.25) is 10.0 Å². The van der Waals surface area contributed by atoms with E-state index >= 15 is 0 Å². The van der Waals surface area contributed by atoms with Crippen molar-refractivity contribution >= 4 is 21.8 Å². The Bertz CT molecular complexity index is 994. The molecule has 9 heteroatoms. The lowest BCUT2D eigenvalue weighted by atomic mass is 10.1. The summed E-state index contributed by atoms with van der Waals surface area (Å²) in [5.74, 6) is -0.914. The second-order valence-electron chi connectivity index (χ2n) is 7.29. The predicted molar refractivity (Wildman–Crippen MR) is 116 cm³/mol. The summed E-state index contributed by atoms with van der Waals surface area (Å²) >= 11 is 0. The standard InChI is InChI=1S/C22H27N3O5S/c1-30-19-9-11-20(12-10-19)31(28,29)25-15-5-8-18(25)16-24-22(27)21(26)23-14-13-17-6-3-2-4-7-17/h2-4,6-7,9-12,18H,5,8,13-16H2,1H3,(H,23,26)(H,24,27)/t18-/m0/s1. The fraction of sp³-hybridized carbons (Fsp3) is 0.364. The van der Waals surface area contributed by atoms with E-state index in [2.05, 4.69) is 10.6 Å². The number of rotatable bonds is 8. The lowest BCUT2D eigenvalue weighted by Gasteiger charge is -2.24. The van der Waals surface area contributed by atoms with Crippen molar-refractivity contribution in [2.75, 3.05) is 26.7 Å². The van der Waals surface area contributed by atoms with Gasteiger partial charge in [0.25, 0.3) is 0 Å². The number of hydrogen-bond acceptors (Lipinski definition) is 5. The molecule has 0 bridgehead atoms. The van der Waals surface area contributed by atoms with E-state index in [4.69, 9.17) is 4.74 Å². The molecule has 2 aromatic carbocycles. The van der Waals surface area contributed by atoms with Crippen molar-refractivity contribution in [3.8, 4) is 5.75 Å². The first-order chi connectivity index (χ1) is 14.9. The normalized spacial score (nSPS) is 16.6. The van der Waals surface area contributed by atoms with Crippen LogP contribution in [-0.4, -0.2) is 57.3 Å².